The van der Waals surface area contributed by atoms with Crippen molar-refractivity contribution in [2.75, 3.05) is 18.4 Å². The molecule has 0 spiro atoms. The summed E-state index contributed by atoms with van der Waals surface area (Å²) in [5, 5.41) is 4.18. The minimum absolute atomic E-state index is 0.0364. The van der Waals surface area contributed by atoms with Crippen molar-refractivity contribution in [2.24, 2.45) is 0 Å². The molecule has 1 aliphatic rings. The van der Waals surface area contributed by atoms with E-state index >= 15 is 0 Å². The number of piperidine rings is 1. The maximum atomic E-state index is 12.8. The molecule has 2 aromatic carbocycles. The van der Waals surface area contributed by atoms with E-state index in [1.54, 1.807) is 29.5 Å². The lowest BCUT2D eigenvalue weighted by atomic mass is 9.96. The highest BCUT2D eigenvalue weighted by Crippen LogP contribution is 2.34. The number of carbonyl (C=O) groups excluding carboxylic acids is 1. The number of fused-ring (bicyclic) bond motifs is 2. The highest BCUT2D eigenvalue weighted by Gasteiger charge is 2.28. The van der Waals surface area contributed by atoms with Crippen LogP contribution in [0.2, 0.25) is 0 Å². The number of hydrogen-bond donors (Lipinski definition) is 3. The molecule has 0 radical (unpaired) electrons. The van der Waals surface area contributed by atoms with Gasteiger partial charge >= 0.3 is 5.69 Å². The van der Waals surface area contributed by atoms with Gasteiger partial charge in [0.1, 0.15) is 0 Å². The quantitative estimate of drug-likeness (QED) is 0.469. The second-order valence-corrected chi connectivity index (χ2v) is 8.90. The molecule has 3 N–H and O–H groups in total. The van der Waals surface area contributed by atoms with Gasteiger partial charge in [-0.2, -0.15) is 0 Å². The Labute approximate surface area is 177 Å². The Morgan fingerprint density at radius 2 is 1.93 bits per heavy atom. The van der Waals surface area contributed by atoms with E-state index in [0.717, 1.165) is 37.0 Å². The van der Waals surface area contributed by atoms with Crippen LogP contribution in [0.4, 0.5) is 5.69 Å². The molecule has 30 heavy (non-hydrogen) atoms. The number of imidazole rings is 1. The van der Waals surface area contributed by atoms with Crippen molar-refractivity contribution in [3.63, 3.8) is 0 Å². The monoisotopic (exact) mass is 421 g/mol. The fourth-order valence-corrected chi connectivity index (χ4v) is 5.26. The first-order chi connectivity index (χ1) is 14.6. The molecule has 1 amide bonds. The number of aromatic amines is 2. The summed E-state index contributed by atoms with van der Waals surface area (Å²) >= 11 is 1.79. The van der Waals surface area contributed by atoms with E-state index < -0.39 is 0 Å². The van der Waals surface area contributed by atoms with Crippen LogP contribution in [-0.2, 0) is 4.79 Å². The van der Waals surface area contributed by atoms with Crippen molar-refractivity contribution in [2.45, 2.75) is 31.7 Å². The Kier molecular flexibility index (Phi) is 4.88. The van der Waals surface area contributed by atoms with Gasteiger partial charge in [-0.1, -0.05) is 12.1 Å². The van der Waals surface area contributed by atoms with Crippen molar-refractivity contribution in [3.05, 3.63) is 58.0 Å². The van der Waals surface area contributed by atoms with Gasteiger partial charge in [0, 0.05) is 11.6 Å². The zero-order valence-corrected chi connectivity index (χ0v) is 17.5. The largest absolute Gasteiger partial charge is 0.325 e. The highest BCUT2D eigenvalue weighted by atomic mass is 32.1. The van der Waals surface area contributed by atoms with Crippen LogP contribution in [0.15, 0.2) is 47.3 Å². The fraction of sp³-hybridized carbons (Fsp3) is 0.318. The molecule has 0 aliphatic carbocycles. The number of thiazole rings is 1. The highest BCUT2D eigenvalue weighted by molar-refractivity contribution is 7.18. The first kappa shape index (κ1) is 19.0. The maximum absolute atomic E-state index is 12.8. The summed E-state index contributed by atoms with van der Waals surface area (Å²) in [7, 11) is 0. The Morgan fingerprint density at radius 1 is 1.17 bits per heavy atom. The van der Waals surface area contributed by atoms with Crippen molar-refractivity contribution in [1.82, 2.24) is 19.9 Å². The molecule has 5 rings (SSSR count). The van der Waals surface area contributed by atoms with Crippen LogP contribution in [0.25, 0.3) is 21.3 Å². The second-order valence-electron chi connectivity index (χ2n) is 7.83. The number of rotatable bonds is 4. The minimum atomic E-state index is -0.252. The maximum Gasteiger partial charge on any atom is 0.323 e. The molecule has 1 atom stereocenters. The zero-order valence-electron chi connectivity index (χ0n) is 16.6. The van der Waals surface area contributed by atoms with Gasteiger partial charge in [0.25, 0.3) is 0 Å². The number of nitrogens with one attached hydrogen (secondary N) is 3. The van der Waals surface area contributed by atoms with E-state index in [9.17, 15) is 9.59 Å². The molecule has 3 heterocycles. The number of nitrogens with zero attached hydrogens (tertiary/aromatic N) is 2. The molecule has 2 aromatic heterocycles. The van der Waals surface area contributed by atoms with Crippen molar-refractivity contribution >= 4 is 44.2 Å². The molecule has 0 unspecified atom stereocenters. The van der Waals surface area contributed by atoms with Crippen LogP contribution in [0.1, 0.15) is 30.7 Å². The normalized spacial score (nSPS) is 16.8. The first-order valence-corrected chi connectivity index (χ1v) is 11.0. The van der Waals surface area contributed by atoms with Gasteiger partial charge in [0.15, 0.2) is 0 Å². The van der Waals surface area contributed by atoms with E-state index in [2.05, 4.69) is 38.4 Å². The molecular weight excluding hydrogens is 398 g/mol. The van der Waals surface area contributed by atoms with Crippen LogP contribution in [0.3, 0.4) is 0 Å². The van der Waals surface area contributed by atoms with Gasteiger partial charge in [-0.3, -0.25) is 9.69 Å². The number of carbonyl (C=O) groups is 1. The molecule has 0 saturated carbocycles. The Balaban J connectivity index is 1.21. The summed E-state index contributed by atoms with van der Waals surface area (Å²) in [6.07, 6.45) is 2.02. The second kappa shape index (κ2) is 7.70. The van der Waals surface area contributed by atoms with Crippen LogP contribution < -0.4 is 11.0 Å². The molecule has 1 aliphatic heterocycles. The predicted molar refractivity (Wildman–Crippen MR) is 120 cm³/mol. The third-order valence-electron chi connectivity index (χ3n) is 5.90. The molecule has 154 valence electrons. The zero-order chi connectivity index (χ0) is 20.7. The molecule has 1 saturated heterocycles. The summed E-state index contributed by atoms with van der Waals surface area (Å²) < 4.78 is 1.24. The lowest BCUT2D eigenvalue weighted by molar-refractivity contribution is -0.121. The van der Waals surface area contributed by atoms with Crippen molar-refractivity contribution in [3.8, 4) is 0 Å². The number of benzene rings is 2. The number of para-hydroxylation sites is 1. The SMILES string of the molecule is C[C@@H](C(=O)Nc1ccc2[nH]c(=O)[nH]c2c1)N1CCC(c2nc3ccccc3s2)CC1. The molecule has 7 nitrogen and oxygen atoms in total. The average molecular weight is 422 g/mol. The Bertz CT molecular complexity index is 1230. The third kappa shape index (κ3) is 3.64. The van der Waals surface area contributed by atoms with E-state index in [0.29, 0.717) is 17.1 Å². The third-order valence-corrected chi connectivity index (χ3v) is 7.10. The molecular formula is C22H23N5O2S. The van der Waals surface area contributed by atoms with E-state index in [-0.39, 0.29) is 17.6 Å². The topological polar surface area (TPSA) is 93.9 Å². The predicted octanol–water partition coefficient (Wildman–Crippen LogP) is 3.67. The summed E-state index contributed by atoms with van der Waals surface area (Å²) in [5.41, 5.74) is 2.91. The van der Waals surface area contributed by atoms with E-state index in [4.69, 9.17) is 4.98 Å². The molecule has 0 bridgehead atoms. The van der Waals surface area contributed by atoms with E-state index in [1.165, 1.54) is 9.71 Å². The smallest absolute Gasteiger partial charge is 0.323 e. The fourth-order valence-electron chi connectivity index (χ4n) is 4.12. The number of aromatic nitrogens is 3. The average Bonchev–Trinajstić information content (AvgIpc) is 3.35. The van der Waals surface area contributed by atoms with Crippen LogP contribution in [-0.4, -0.2) is 44.9 Å². The number of hydrogen-bond acceptors (Lipinski definition) is 5. The molecule has 4 aromatic rings. The van der Waals surface area contributed by atoms with Gasteiger partial charge in [-0.05, 0) is 63.2 Å². The number of H-pyrrole nitrogens is 2. The van der Waals surface area contributed by atoms with Crippen LogP contribution >= 0.6 is 11.3 Å². The van der Waals surface area contributed by atoms with Crippen molar-refractivity contribution in [1.29, 1.82) is 0 Å². The lowest BCUT2D eigenvalue weighted by Gasteiger charge is -2.34. The van der Waals surface area contributed by atoms with Gasteiger partial charge in [-0.15, -0.1) is 11.3 Å². The standard InChI is InChI=1S/C22H23N5O2S/c1-13(20(28)23-15-6-7-16-18(12-15)26-22(29)25-16)27-10-8-14(9-11-27)21-24-17-4-2-3-5-19(17)30-21/h2-7,12-14H,8-11H2,1H3,(H,23,28)(H2,25,26,29)/t13-/m0/s1. The Hall–Kier alpha value is -2.97. The number of amides is 1. The van der Waals surface area contributed by atoms with Crippen LogP contribution in [0, 0.1) is 0 Å². The summed E-state index contributed by atoms with van der Waals surface area (Å²) in [6, 6.07) is 13.4. The molecule has 1 fully saturated rings. The minimum Gasteiger partial charge on any atom is -0.325 e. The molecule has 8 heteroatoms. The lowest BCUT2D eigenvalue weighted by Crippen LogP contribution is -2.45. The van der Waals surface area contributed by atoms with Gasteiger partial charge in [-0.25, -0.2) is 9.78 Å². The van der Waals surface area contributed by atoms with Crippen molar-refractivity contribution < 1.29 is 4.79 Å². The number of anilines is 1. The first-order valence-electron chi connectivity index (χ1n) is 10.2. The number of likely N-dealkylation sites (tertiary alicyclic amines) is 1. The van der Waals surface area contributed by atoms with Crippen LogP contribution in [0.5, 0.6) is 0 Å². The van der Waals surface area contributed by atoms with Gasteiger partial charge in [0.2, 0.25) is 5.91 Å². The van der Waals surface area contributed by atoms with Gasteiger partial charge < -0.3 is 15.3 Å². The van der Waals surface area contributed by atoms with E-state index in [1.807, 2.05) is 13.0 Å². The van der Waals surface area contributed by atoms with Gasteiger partial charge in [0.05, 0.1) is 32.3 Å². The summed E-state index contributed by atoms with van der Waals surface area (Å²) in [5.74, 6) is 0.424. The summed E-state index contributed by atoms with van der Waals surface area (Å²) in [4.78, 5) is 36.7. The summed E-state index contributed by atoms with van der Waals surface area (Å²) in [6.45, 7) is 3.70. The Morgan fingerprint density at radius 3 is 2.73 bits per heavy atom.